The number of halogens is 2. The number of aldehydes is 1. The maximum atomic E-state index is 9.17. The zero-order valence-electron chi connectivity index (χ0n) is 13.8. The molecule has 0 amide bonds. The van der Waals surface area contributed by atoms with E-state index in [1.165, 1.54) is 0 Å². The largest absolute Gasteiger partial charge is 0.496 e. The third-order valence-corrected chi connectivity index (χ3v) is 4.67. The number of hydrogen-bond donors (Lipinski definition) is 0. The fourth-order valence-corrected chi connectivity index (χ4v) is 2.95. The molecule has 0 aliphatic carbocycles. The quantitative estimate of drug-likeness (QED) is 0.414. The van der Waals surface area contributed by atoms with Gasteiger partial charge in [-0.05, 0) is 52.5 Å². The maximum Gasteiger partial charge on any atom is 0.135 e. The summed E-state index contributed by atoms with van der Waals surface area (Å²) in [6, 6.07) is 11.4. The lowest BCUT2D eigenvalue weighted by Gasteiger charge is -2.14. The lowest BCUT2D eigenvalue weighted by molar-refractivity contribution is -0.107. The lowest BCUT2D eigenvalue weighted by atomic mass is 10.2. The lowest BCUT2D eigenvalue weighted by Crippen LogP contribution is -2.01. The second-order valence-corrected chi connectivity index (χ2v) is 6.72. The van der Waals surface area contributed by atoms with Crippen molar-refractivity contribution >= 4 is 45.6 Å². The minimum Gasteiger partial charge on any atom is -0.496 e. The molecule has 0 saturated heterocycles. The van der Waals surface area contributed by atoms with E-state index in [-0.39, 0.29) is 0 Å². The summed E-state index contributed by atoms with van der Waals surface area (Å²) in [7, 11) is 1.66. The van der Waals surface area contributed by atoms with Gasteiger partial charge in [0.25, 0.3) is 0 Å². The van der Waals surface area contributed by atoms with Gasteiger partial charge in [0.2, 0.25) is 0 Å². The van der Waals surface area contributed by atoms with E-state index in [1.54, 1.807) is 24.9 Å². The van der Waals surface area contributed by atoms with Crippen LogP contribution >= 0.6 is 39.3 Å². The van der Waals surface area contributed by atoms with E-state index in [0.717, 1.165) is 32.7 Å². The van der Waals surface area contributed by atoms with Crippen molar-refractivity contribution in [1.82, 2.24) is 0 Å². The van der Waals surface area contributed by atoms with Gasteiger partial charge in [-0.25, -0.2) is 0 Å². The Morgan fingerprint density at radius 3 is 2.54 bits per heavy atom. The van der Waals surface area contributed by atoms with Crippen molar-refractivity contribution in [1.29, 1.82) is 0 Å². The fraction of sp³-hybridized carbons (Fsp3) is 0.278. The molecule has 0 aliphatic rings. The standard InChI is InChI=1S/C15H14BrClO2S.C3H6O/c1-18-13-4-3-5-15(20-2)11(13)9-19-14-8-10(17)6-7-12(14)16;1-2-3-4/h3-8H,9H2,1-2H3;3H,2H2,1H3. The normalized spacial score (nSPS) is 9.71. The number of carbonyl (C=O) groups is 1. The summed E-state index contributed by atoms with van der Waals surface area (Å²) in [5.74, 6) is 1.55. The number of benzene rings is 2. The maximum absolute atomic E-state index is 9.17. The average Bonchev–Trinajstić information content (AvgIpc) is 2.62. The second kappa shape index (κ2) is 11.4. The average molecular weight is 432 g/mol. The molecule has 0 atom stereocenters. The summed E-state index contributed by atoms with van der Waals surface area (Å²) < 4.78 is 12.1. The summed E-state index contributed by atoms with van der Waals surface area (Å²) in [4.78, 5) is 10.3. The molecule has 2 rings (SSSR count). The molecule has 0 aliphatic heterocycles. The predicted octanol–water partition coefficient (Wildman–Crippen LogP) is 6.01. The second-order valence-electron chi connectivity index (χ2n) is 4.58. The number of ether oxygens (including phenoxy) is 2. The molecular weight excluding hydrogens is 412 g/mol. The molecule has 0 N–H and O–H groups in total. The van der Waals surface area contributed by atoms with Crippen LogP contribution in [0, 0.1) is 0 Å². The van der Waals surface area contributed by atoms with Gasteiger partial charge < -0.3 is 14.3 Å². The van der Waals surface area contributed by atoms with Gasteiger partial charge in [0, 0.05) is 21.9 Å². The van der Waals surface area contributed by atoms with Crippen LogP contribution < -0.4 is 9.47 Å². The van der Waals surface area contributed by atoms with Crippen LogP contribution in [0.3, 0.4) is 0 Å². The smallest absolute Gasteiger partial charge is 0.135 e. The van der Waals surface area contributed by atoms with Gasteiger partial charge >= 0.3 is 0 Å². The number of carbonyl (C=O) groups excluding carboxylic acids is 1. The van der Waals surface area contributed by atoms with Crippen molar-refractivity contribution in [3.63, 3.8) is 0 Å². The fourth-order valence-electron chi connectivity index (χ4n) is 1.81. The molecule has 0 aromatic heterocycles. The van der Waals surface area contributed by atoms with Crippen molar-refractivity contribution in [3.05, 3.63) is 51.5 Å². The molecule has 3 nitrogen and oxygen atoms in total. The molecule has 0 fully saturated rings. The van der Waals surface area contributed by atoms with Gasteiger partial charge in [-0.2, -0.15) is 0 Å². The zero-order chi connectivity index (χ0) is 17.9. The summed E-state index contributed by atoms with van der Waals surface area (Å²) in [6.45, 7) is 2.24. The van der Waals surface area contributed by atoms with Crippen LogP contribution in [0.15, 0.2) is 45.8 Å². The van der Waals surface area contributed by atoms with Crippen LogP contribution in [0.2, 0.25) is 5.02 Å². The van der Waals surface area contributed by atoms with Crippen molar-refractivity contribution in [2.45, 2.75) is 24.8 Å². The summed E-state index contributed by atoms with van der Waals surface area (Å²) in [5, 5.41) is 0.647. The Balaban J connectivity index is 0.000000648. The zero-order valence-corrected chi connectivity index (χ0v) is 17.0. The van der Waals surface area contributed by atoms with Crippen molar-refractivity contribution < 1.29 is 14.3 Å². The monoisotopic (exact) mass is 430 g/mol. The Labute approximate surface area is 160 Å². The molecule has 130 valence electrons. The summed E-state index contributed by atoms with van der Waals surface area (Å²) in [5.41, 5.74) is 1.04. The van der Waals surface area contributed by atoms with Crippen LogP contribution in [-0.4, -0.2) is 19.7 Å². The number of hydrogen-bond acceptors (Lipinski definition) is 4. The van der Waals surface area contributed by atoms with Crippen LogP contribution in [0.4, 0.5) is 0 Å². The van der Waals surface area contributed by atoms with Gasteiger partial charge in [-0.1, -0.05) is 24.6 Å². The van der Waals surface area contributed by atoms with E-state index in [1.807, 2.05) is 37.4 Å². The number of thioether (sulfide) groups is 1. The number of methoxy groups -OCH3 is 1. The predicted molar refractivity (Wildman–Crippen MR) is 105 cm³/mol. The third-order valence-electron chi connectivity index (χ3n) is 2.96. The minimum atomic E-state index is 0.430. The molecule has 0 radical (unpaired) electrons. The summed E-state index contributed by atoms with van der Waals surface area (Å²) in [6.07, 6.45) is 3.55. The summed E-state index contributed by atoms with van der Waals surface area (Å²) >= 11 is 11.1. The van der Waals surface area contributed by atoms with E-state index < -0.39 is 0 Å². The molecule has 0 unspecified atom stereocenters. The molecular formula is C18H20BrClO3S. The van der Waals surface area contributed by atoms with E-state index >= 15 is 0 Å². The molecule has 0 heterocycles. The first-order valence-corrected chi connectivity index (χ1v) is 9.68. The molecule has 6 heteroatoms. The Hall–Kier alpha value is -1.17. The van der Waals surface area contributed by atoms with Crippen molar-refractivity contribution in [2.24, 2.45) is 0 Å². The van der Waals surface area contributed by atoms with Crippen LogP contribution in [0.1, 0.15) is 18.9 Å². The highest BCUT2D eigenvalue weighted by Gasteiger charge is 2.10. The Morgan fingerprint density at radius 2 is 1.96 bits per heavy atom. The molecule has 0 bridgehead atoms. The minimum absolute atomic E-state index is 0.430. The van der Waals surface area contributed by atoms with Crippen LogP contribution in [0.5, 0.6) is 11.5 Å². The third kappa shape index (κ3) is 6.38. The molecule has 24 heavy (non-hydrogen) atoms. The topological polar surface area (TPSA) is 35.5 Å². The highest BCUT2D eigenvalue weighted by Crippen LogP contribution is 2.32. The van der Waals surface area contributed by atoms with E-state index in [2.05, 4.69) is 22.0 Å². The number of rotatable bonds is 6. The Kier molecular flexibility index (Phi) is 9.91. The van der Waals surface area contributed by atoms with Crippen LogP contribution in [0.25, 0.3) is 0 Å². The SMILES string of the molecule is CCC=O.COc1cccc(SC)c1COc1cc(Cl)ccc1Br. The molecule has 2 aromatic rings. The first-order valence-electron chi connectivity index (χ1n) is 7.28. The van der Waals surface area contributed by atoms with E-state index in [4.69, 9.17) is 21.1 Å². The Bertz CT molecular complexity index is 642. The first-order chi connectivity index (χ1) is 11.6. The highest BCUT2D eigenvalue weighted by atomic mass is 79.9. The van der Waals surface area contributed by atoms with E-state index in [9.17, 15) is 4.79 Å². The first kappa shape index (κ1) is 20.9. The van der Waals surface area contributed by atoms with Gasteiger partial charge in [0.1, 0.15) is 24.4 Å². The molecule has 0 saturated carbocycles. The van der Waals surface area contributed by atoms with E-state index in [0.29, 0.717) is 18.1 Å². The van der Waals surface area contributed by atoms with Gasteiger partial charge in [0.05, 0.1) is 11.6 Å². The van der Waals surface area contributed by atoms with Gasteiger partial charge in [0.15, 0.2) is 0 Å². The highest BCUT2D eigenvalue weighted by molar-refractivity contribution is 9.10. The van der Waals surface area contributed by atoms with Gasteiger partial charge in [-0.15, -0.1) is 11.8 Å². The van der Waals surface area contributed by atoms with Gasteiger partial charge in [-0.3, -0.25) is 0 Å². The molecule has 0 spiro atoms. The van der Waals surface area contributed by atoms with Crippen molar-refractivity contribution in [3.8, 4) is 11.5 Å². The van der Waals surface area contributed by atoms with Crippen LogP contribution in [-0.2, 0) is 11.4 Å². The molecule has 2 aromatic carbocycles. The Morgan fingerprint density at radius 1 is 1.25 bits per heavy atom. The van der Waals surface area contributed by atoms with Crippen molar-refractivity contribution in [2.75, 3.05) is 13.4 Å².